The van der Waals surface area contributed by atoms with Crippen LogP contribution in [-0.4, -0.2) is 22.3 Å². The van der Waals surface area contributed by atoms with E-state index >= 15 is 0 Å². The Morgan fingerprint density at radius 3 is 1.97 bits per heavy atom. The number of rotatable bonds is 1. The molecule has 0 heterocycles. The average molecular weight is 459 g/mol. The summed E-state index contributed by atoms with van der Waals surface area (Å²) < 4.78 is 0. The Balaban J connectivity index is 1.57. The summed E-state index contributed by atoms with van der Waals surface area (Å²) in [4.78, 5) is 12.9. The second-order valence-electron chi connectivity index (χ2n) is 15.3. The summed E-state index contributed by atoms with van der Waals surface area (Å²) >= 11 is 0. The number of hydrogen-bond acceptors (Lipinski definition) is 2. The second-order valence-corrected chi connectivity index (χ2v) is 15.3. The second kappa shape index (κ2) is 7.01. The number of fused-ring (bicyclic) bond motifs is 7. The molecule has 0 aliphatic heterocycles. The van der Waals surface area contributed by atoms with E-state index in [0.29, 0.717) is 23.2 Å². The van der Waals surface area contributed by atoms with Gasteiger partial charge >= 0.3 is 5.97 Å². The zero-order valence-electron chi connectivity index (χ0n) is 22.5. The summed E-state index contributed by atoms with van der Waals surface area (Å²) in [6, 6.07) is 0. The minimum atomic E-state index is -0.510. The van der Waals surface area contributed by atoms with Crippen LogP contribution in [-0.2, 0) is 4.79 Å². The largest absolute Gasteiger partial charge is 0.481 e. The van der Waals surface area contributed by atoms with Crippen molar-refractivity contribution in [2.75, 3.05) is 0 Å². The van der Waals surface area contributed by atoms with Crippen LogP contribution in [0.1, 0.15) is 119 Å². The third-order valence-electron chi connectivity index (χ3n) is 13.9. The van der Waals surface area contributed by atoms with Crippen molar-refractivity contribution in [2.24, 2.45) is 56.2 Å². The molecule has 5 fully saturated rings. The number of carbonyl (C=O) groups is 1. The van der Waals surface area contributed by atoms with Gasteiger partial charge in [0.05, 0.1) is 11.5 Å². The molecule has 0 aromatic heterocycles. The SMILES string of the molecule is C[C@@H]1[C@H](O)CC[C@H]2[C@@]1(C)CC[C@@H]1[C@]2(C)CC[C@]2(C)[C@H]3CC(C)(C)CC[C@@]3(C(=O)O)CC[C@@]12C. The first kappa shape index (κ1) is 24.1. The van der Waals surface area contributed by atoms with E-state index < -0.39 is 11.4 Å². The first-order valence-corrected chi connectivity index (χ1v) is 14.1. The van der Waals surface area contributed by atoms with Gasteiger partial charge in [0.25, 0.3) is 0 Å². The van der Waals surface area contributed by atoms with Crippen molar-refractivity contribution >= 4 is 5.97 Å². The van der Waals surface area contributed by atoms with Crippen LogP contribution in [0.4, 0.5) is 0 Å². The topological polar surface area (TPSA) is 57.5 Å². The third-order valence-corrected chi connectivity index (χ3v) is 13.9. The van der Waals surface area contributed by atoms with Gasteiger partial charge in [0.2, 0.25) is 0 Å². The van der Waals surface area contributed by atoms with E-state index in [-0.39, 0.29) is 33.7 Å². The van der Waals surface area contributed by atoms with Gasteiger partial charge in [0, 0.05) is 0 Å². The van der Waals surface area contributed by atoms with Crippen LogP contribution in [0.25, 0.3) is 0 Å². The maximum Gasteiger partial charge on any atom is 0.309 e. The van der Waals surface area contributed by atoms with E-state index in [9.17, 15) is 15.0 Å². The van der Waals surface area contributed by atoms with Crippen molar-refractivity contribution in [3.05, 3.63) is 0 Å². The summed E-state index contributed by atoms with van der Waals surface area (Å²) in [5.74, 6) is 1.50. The molecule has 33 heavy (non-hydrogen) atoms. The lowest BCUT2D eigenvalue weighted by atomic mass is 9.30. The molecule has 188 valence electrons. The van der Waals surface area contributed by atoms with Crippen molar-refractivity contribution < 1.29 is 15.0 Å². The number of aliphatic hydroxyl groups excluding tert-OH is 1. The molecule has 5 saturated carbocycles. The van der Waals surface area contributed by atoms with Gasteiger partial charge in [0.15, 0.2) is 0 Å². The van der Waals surface area contributed by atoms with Crippen LogP contribution in [0.3, 0.4) is 0 Å². The van der Waals surface area contributed by atoms with E-state index in [1.807, 2.05) is 0 Å². The van der Waals surface area contributed by atoms with Crippen LogP contribution < -0.4 is 0 Å². The molecule has 5 aliphatic carbocycles. The van der Waals surface area contributed by atoms with Gasteiger partial charge in [-0.3, -0.25) is 4.79 Å². The molecule has 0 aromatic carbocycles. The molecule has 5 rings (SSSR count). The molecule has 0 spiro atoms. The highest BCUT2D eigenvalue weighted by Gasteiger charge is 2.72. The van der Waals surface area contributed by atoms with Gasteiger partial charge in [-0.15, -0.1) is 0 Å². The Kier molecular flexibility index (Phi) is 5.13. The lowest BCUT2D eigenvalue weighted by Crippen LogP contribution is -2.69. The van der Waals surface area contributed by atoms with Gasteiger partial charge in [-0.2, -0.15) is 0 Å². The smallest absolute Gasteiger partial charge is 0.309 e. The van der Waals surface area contributed by atoms with Crippen LogP contribution >= 0.6 is 0 Å². The summed E-state index contributed by atoms with van der Waals surface area (Å²) in [5.41, 5.74) is 0.578. The summed E-state index contributed by atoms with van der Waals surface area (Å²) in [6.07, 6.45) is 11.8. The van der Waals surface area contributed by atoms with Crippen molar-refractivity contribution in [1.29, 1.82) is 0 Å². The molecule has 0 unspecified atom stereocenters. The summed E-state index contributed by atoms with van der Waals surface area (Å²) in [7, 11) is 0. The molecular formula is C30H50O3. The molecular weight excluding hydrogens is 408 g/mol. The van der Waals surface area contributed by atoms with E-state index in [4.69, 9.17) is 0 Å². The van der Waals surface area contributed by atoms with Gasteiger partial charge in [0.1, 0.15) is 0 Å². The predicted molar refractivity (Wildman–Crippen MR) is 133 cm³/mol. The Morgan fingerprint density at radius 1 is 0.697 bits per heavy atom. The standard InChI is InChI=1S/C30H50O3/c1-19-20(31)8-9-21-26(19,4)11-10-22-27(21,5)13-14-29(7)23-18-25(2,3)12-16-30(23,24(32)33)17-15-28(22,29)6/h19-23,31H,8-18H2,1-7H3,(H,32,33)/t19-,20-,21+,22-,23-,26+,27-,28+,29-,30-/m1/s1. The maximum absolute atomic E-state index is 12.9. The quantitative estimate of drug-likeness (QED) is 0.433. The van der Waals surface area contributed by atoms with E-state index in [2.05, 4.69) is 48.5 Å². The predicted octanol–water partition coefficient (Wildman–Crippen LogP) is 7.31. The van der Waals surface area contributed by atoms with Crippen molar-refractivity contribution in [3.8, 4) is 0 Å². The lowest BCUT2D eigenvalue weighted by molar-refractivity contribution is -0.265. The van der Waals surface area contributed by atoms with E-state index in [1.165, 1.54) is 25.7 Å². The van der Waals surface area contributed by atoms with Crippen LogP contribution in [0.5, 0.6) is 0 Å². The van der Waals surface area contributed by atoms with Crippen LogP contribution in [0.2, 0.25) is 0 Å². The Morgan fingerprint density at radius 2 is 1.30 bits per heavy atom. The Bertz CT molecular complexity index is 834. The monoisotopic (exact) mass is 458 g/mol. The van der Waals surface area contributed by atoms with Gasteiger partial charge < -0.3 is 10.2 Å². The Hall–Kier alpha value is -0.570. The number of carboxylic acid groups (broad SMARTS) is 1. The number of hydrogen-bond donors (Lipinski definition) is 2. The van der Waals surface area contributed by atoms with Gasteiger partial charge in [-0.1, -0.05) is 48.5 Å². The highest BCUT2D eigenvalue weighted by molar-refractivity contribution is 5.76. The molecule has 2 N–H and O–H groups in total. The van der Waals surface area contributed by atoms with Crippen LogP contribution in [0, 0.1) is 56.2 Å². The van der Waals surface area contributed by atoms with E-state index in [1.54, 1.807) is 0 Å². The molecule has 0 amide bonds. The van der Waals surface area contributed by atoms with Crippen molar-refractivity contribution in [3.63, 3.8) is 0 Å². The minimum Gasteiger partial charge on any atom is -0.481 e. The fourth-order valence-electron chi connectivity index (χ4n) is 11.4. The number of aliphatic carboxylic acids is 1. The molecule has 5 aliphatic rings. The highest BCUT2D eigenvalue weighted by atomic mass is 16.4. The number of carboxylic acids is 1. The normalized spacial score (nSPS) is 57.8. The first-order valence-electron chi connectivity index (χ1n) is 14.1. The fraction of sp³-hybridized carbons (Fsp3) is 0.967. The molecule has 3 heteroatoms. The molecule has 10 atom stereocenters. The third kappa shape index (κ3) is 2.87. The minimum absolute atomic E-state index is 0.0963. The van der Waals surface area contributed by atoms with Crippen molar-refractivity contribution in [2.45, 2.75) is 125 Å². The van der Waals surface area contributed by atoms with Gasteiger partial charge in [-0.05, 0) is 121 Å². The fourth-order valence-corrected chi connectivity index (χ4v) is 11.4. The summed E-state index contributed by atoms with van der Waals surface area (Å²) in [5, 5.41) is 21.3. The molecule has 3 nitrogen and oxygen atoms in total. The number of aliphatic hydroxyl groups is 1. The van der Waals surface area contributed by atoms with Crippen molar-refractivity contribution in [1.82, 2.24) is 0 Å². The van der Waals surface area contributed by atoms with E-state index in [0.717, 1.165) is 44.9 Å². The first-order chi connectivity index (χ1) is 15.2. The summed E-state index contributed by atoms with van der Waals surface area (Å²) in [6.45, 7) is 17.3. The van der Waals surface area contributed by atoms with Crippen LogP contribution in [0.15, 0.2) is 0 Å². The average Bonchev–Trinajstić information content (AvgIpc) is 2.73. The Labute approximate surface area is 202 Å². The molecule has 0 bridgehead atoms. The molecule has 0 aromatic rings. The maximum atomic E-state index is 12.9. The zero-order chi connectivity index (χ0) is 24.2. The zero-order valence-corrected chi connectivity index (χ0v) is 22.5. The lowest BCUT2D eigenvalue weighted by Gasteiger charge is -2.74. The van der Waals surface area contributed by atoms with Gasteiger partial charge in [-0.25, -0.2) is 0 Å². The molecule has 0 saturated heterocycles. The highest BCUT2D eigenvalue weighted by Crippen LogP contribution is 2.78. The molecule has 0 radical (unpaired) electrons.